The Morgan fingerprint density at radius 2 is 1.79 bits per heavy atom. The van der Waals surface area contributed by atoms with E-state index in [0.29, 0.717) is 24.6 Å². The van der Waals surface area contributed by atoms with Crippen LogP contribution >= 0.6 is 11.6 Å². The molecule has 33 heavy (non-hydrogen) atoms. The molecule has 2 heterocycles. The van der Waals surface area contributed by atoms with Gasteiger partial charge < -0.3 is 14.1 Å². The van der Waals surface area contributed by atoms with Crippen LogP contribution in [0.15, 0.2) is 59.0 Å². The third-order valence-electron chi connectivity index (χ3n) is 6.06. The fraction of sp³-hybridized carbons (Fsp3) is 0.370. The van der Waals surface area contributed by atoms with E-state index in [0.717, 1.165) is 41.5 Å². The second-order valence-electron chi connectivity index (χ2n) is 8.90. The fourth-order valence-corrected chi connectivity index (χ4v) is 4.24. The summed E-state index contributed by atoms with van der Waals surface area (Å²) >= 11 is 6.29. The van der Waals surface area contributed by atoms with Crippen LogP contribution in [0.1, 0.15) is 52.8 Å². The summed E-state index contributed by atoms with van der Waals surface area (Å²) in [6, 6.07) is 17.9. The van der Waals surface area contributed by atoms with Crippen LogP contribution in [0.5, 0.6) is 5.75 Å². The van der Waals surface area contributed by atoms with E-state index >= 15 is 0 Å². The lowest BCUT2D eigenvalue weighted by Gasteiger charge is -2.34. The zero-order valence-electron chi connectivity index (χ0n) is 19.5. The second kappa shape index (κ2) is 10.4. The van der Waals surface area contributed by atoms with E-state index in [-0.39, 0.29) is 18.4 Å². The Balaban J connectivity index is 1.32. The van der Waals surface area contributed by atoms with Gasteiger partial charge in [0.15, 0.2) is 5.76 Å². The van der Waals surface area contributed by atoms with Crippen molar-refractivity contribution in [1.82, 2.24) is 9.80 Å². The maximum absolute atomic E-state index is 12.9. The normalized spacial score (nSPS) is 14.6. The minimum atomic E-state index is -0.0641. The molecule has 1 amide bonds. The van der Waals surface area contributed by atoms with E-state index in [1.807, 2.05) is 36.1 Å². The summed E-state index contributed by atoms with van der Waals surface area (Å²) in [4.78, 5) is 17.2. The Labute approximate surface area is 200 Å². The first-order valence-electron chi connectivity index (χ1n) is 11.5. The Morgan fingerprint density at radius 3 is 2.48 bits per heavy atom. The molecule has 174 valence electrons. The molecule has 1 saturated heterocycles. The van der Waals surface area contributed by atoms with Gasteiger partial charge in [0.2, 0.25) is 0 Å². The molecule has 2 aromatic carbocycles. The molecule has 0 N–H and O–H groups in total. The molecule has 0 atom stereocenters. The number of piperazine rings is 1. The minimum absolute atomic E-state index is 0.0641. The Morgan fingerprint density at radius 1 is 1.06 bits per heavy atom. The quantitative estimate of drug-likeness (QED) is 0.434. The highest BCUT2D eigenvalue weighted by molar-refractivity contribution is 6.31. The molecule has 0 saturated carbocycles. The number of nitrogens with zero attached hydrogens (tertiary/aromatic N) is 2. The molecule has 3 aromatic rings. The van der Waals surface area contributed by atoms with Crippen molar-refractivity contribution >= 4 is 17.5 Å². The number of benzene rings is 2. The van der Waals surface area contributed by atoms with E-state index < -0.39 is 0 Å². The molecular weight excluding hydrogens is 436 g/mol. The van der Waals surface area contributed by atoms with Gasteiger partial charge in [-0.1, -0.05) is 55.8 Å². The van der Waals surface area contributed by atoms with Gasteiger partial charge in [0.25, 0.3) is 5.91 Å². The van der Waals surface area contributed by atoms with E-state index in [1.165, 1.54) is 5.56 Å². The predicted octanol–water partition coefficient (Wildman–Crippen LogP) is 5.90. The summed E-state index contributed by atoms with van der Waals surface area (Å²) in [5.41, 5.74) is 3.32. The third kappa shape index (κ3) is 5.79. The number of aryl methyl sites for hydroxylation is 1. The van der Waals surface area contributed by atoms with Crippen LogP contribution < -0.4 is 4.74 Å². The van der Waals surface area contributed by atoms with Crippen molar-refractivity contribution in [2.75, 3.05) is 26.2 Å². The molecule has 1 aliphatic heterocycles. The molecule has 0 aliphatic carbocycles. The maximum Gasteiger partial charge on any atom is 0.289 e. The van der Waals surface area contributed by atoms with Crippen LogP contribution in [0.4, 0.5) is 0 Å². The third-order valence-corrected chi connectivity index (χ3v) is 6.47. The smallest absolute Gasteiger partial charge is 0.289 e. The van der Waals surface area contributed by atoms with Gasteiger partial charge in [-0.15, -0.1) is 0 Å². The van der Waals surface area contributed by atoms with Crippen molar-refractivity contribution in [2.45, 2.75) is 39.8 Å². The van der Waals surface area contributed by atoms with Crippen LogP contribution in [0.2, 0.25) is 5.02 Å². The monoisotopic (exact) mass is 466 g/mol. The number of halogens is 1. The molecule has 0 unspecified atom stereocenters. The standard InChI is InChI=1S/C27H31ClN2O3/c1-19(2)23-16-24(28)20(3)15-26(23)32-18-22-9-10-25(33-22)27(31)30-13-11-29(12-14-30)17-21-7-5-4-6-8-21/h4-10,15-16,19H,11-14,17-18H2,1-3H3. The largest absolute Gasteiger partial charge is 0.485 e. The van der Waals surface area contributed by atoms with Gasteiger partial charge >= 0.3 is 0 Å². The van der Waals surface area contributed by atoms with Gasteiger partial charge in [0, 0.05) is 37.7 Å². The highest BCUT2D eigenvalue weighted by Crippen LogP contribution is 2.32. The molecule has 4 rings (SSSR count). The number of furan rings is 1. The lowest BCUT2D eigenvalue weighted by atomic mass is 10.0. The summed E-state index contributed by atoms with van der Waals surface area (Å²) in [6.07, 6.45) is 0. The average Bonchev–Trinajstić information content (AvgIpc) is 3.29. The van der Waals surface area contributed by atoms with Crippen molar-refractivity contribution in [2.24, 2.45) is 0 Å². The first kappa shape index (κ1) is 23.4. The highest BCUT2D eigenvalue weighted by Gasteiger charge is 2.24. The topological polar surface area (TPSA) is 45.9 Å². The van der Waals surface area contributed by atoms with Crippen LogP contribution in [0.25, 0.3) is 0 Å². The van der Waals surface area contributed by atoms with E-state index in [2.05, 4.69) is 43.0 Å². The van der Waals surface area contributed by atoms with Crippen LogP contribution in [0.3, 0.4) is 0 Å². The average molecular weight is 467 g/mol. The van der Waals surface area contributed by atoms with Crippen LogP contribution in [0, 0.1) is 6.92 Å². The van der Waals surface area contributed by atoms with Crippen LogP contribution in [-0.4, -0.2) is 41.9 Å². The second-order valence-corrected chi connectivity index (χ2v) is 9.31. The molecule has 0 spiro atoms. The molecule has 5 nitrogen and oxygen atoms in total. The Bertz CT molecular complexity index is 1090. The van der Waals surface area contributed by atoms with Gasteiger partial charge in [-0.2, -0.15) is 0 Å². The van der Waals surface area contributed by atoms with Crippen molar-refractivity contribution in [3.63, 3.8) is 0 Å². The van der Waals surface area contributed by atoms with E-state index in [4.69, 9.17) is 20.8 Å². The van der Waals surface area contributed by atoms with Crippen molar-refractivity contribution in [3.05, 3.63) is 87.8 Å². The first-order chi connectivity index (χ1) is 15.9. The summed E-state index contributed by atoms with van der Waals surface area (Å²) in [5, 5.41) is 0.737. The molecule has 1 aliphatic rings. The SMILES string of the molecule is Cc1cc(OCc2ccc(C(=O)N3CCN(Cc4ccccc4)CC3)o2)c(C(C)C)cc1Cl. The lowest BCUT2D eigenvalue weighted by molar-refractivity contribution is 0.0594. The number of carbonyl (C=O) groups excluding carboxylic acids is 1. The summed E-state index contributed by atoms with van der Waals surface area (Å²) < 4.78 is 11.9. The molecule has 1 fully saturated rings. The molecule has 0 radical (unpaired) electrons. The van der Waals surface area contributed by atoms with Crippen LogP contribution in [-0.2, 0) is 13.2 Å². The van der Waals surface area contributed by atoms with Gasteiger partial charge in [-0.25, -0.2) is 0 Å². The van der Waals surface area contributed by atoms with Gasteiger partial charge in [-0.3, -0.25) is 9.69 Å². The Hall–Kier alpha value is -2.76. The highest BCUT2D eigenvalue weighted by atomic mass is 35.5. The van der Waals surface area contributed by atoms with Crippen molar-refractivity contribution in [3.8, 4) is 5.75 Å². The van der Waals surface area contributed by atoms with E-state index in [1.54, 1.807) is 6.07 Å². The number of rotatable bonds is 7. The van der Waals surface area contributed by atoms with Gasteiger partial charge in [-0.05, 0) is 53.8 Å². The molecule has 0 bridgehead atoms. The van der Waals surface area contributed by atoms with Gasteiger partial charge in [0.05, 0.1) is 0 Å². The zero-order chi connectivity index (χ0) is 23.4. The fourth-order valence-electron chi connectivity index (χ4n) is 4.07. The molecule has 1 aromatic heterocycles. The van der Waals surface area contributed by atoms with Crippen molar-refractivity contribution < 1.29 is 13.9 Å². The number of carbonyl (C=O) groups is 1. The minimum Gasteiger partial charge on any atom is -0.485 e. The molecule has 6 heteroatoms. The number of hydrogen-bond donors (Lipinski definition) is 0. The number of amides is 1. The van der Waals surface area contributed by atoms with Gasteiger partial charge in [0.1, 0.15) is 18.1 Å². The zero-order valence-corrected chi connectivity index (χ0v) is 20.3. The lowest BCUT2D eigenvalue weighted by Crippen LogP contribution is -2.48. The molecular formula is C27H31ClN2O3. The van der Waals surface area contributed by atoms with E-state index in [9.17, 15) is 4.79 Å². The van der Waals surface area contributed by atoms with Crippen molar-refractivity contribution in [1.29, 1.82) is 0 Å². The first-order valence-corrected chi connectivity index (χ1v) is 11.9. The number of hydrogen-bond acceptors (Lipinski definition) is 4. The maximum atomic E-state index is 12.9. The summed E-state index contributed by atoms with van der Waals surface area (Å²) in [5.74, 6) is 2.01. The predicted molar refractivity (Wildman–Crippen MR) is 131 cm³/mol. The summed E-state index contributed by atoms with van der Waals surface area (Å²) in [7, 11) is 0. The summed E-state index contributed by atoms with van der Waals surface area (Å²) in [6.45, 7) is 10.4. The Kier molecular flexibility index (Phi) is 7.41. The number of ether oxygens (including phenoxy) is 1.